The van der Waals surface area contributed by atoms with Crippen molar-refractivity contribution in [3.05, 3.63) is 52.1 Å². The molecule has 0 aliphatic heterocycles. The second-order valence-electron chi connectivity index (χ2n) is 3.45. The van der Waals surface area contributed by atoms with Crippen LogP contribution in [-0.4, -0.2) is 4.98 Å². The van der Waals surface area contributed by atoms with Gasteiger partial charge in [-0.2, -0.15) is 0 Å². The monoisotopic (exact) mass is 284 g/mol. The summed E-state index contributed by atoms with van der Waals surface area (Å²) >= 11 is 13.5. The molecule has 0 unspecified atom stereocenters. The molecule has 2 aromatic rings. The Labute approximate surface area is 114 Å². The van der Waals surface area contributed by atoms with Gasteiger partial charge in [-0.05, 0) is 29.8 Å². The molecular formula is C12H10Cl2N2S. The summed E-state index contributed by atoms with van der Waals surface area (Å²) in [5.74, 6) is 0.758. The summed E-state index contributed by atoms with van der Waals surface area (Å²) < 4.78 is 0. The molecule has 0 radical (unpaired) electrons. The van der Waals surface area contributed by atoms with Gasteiger partial charge in [0, 0.05) is 22.7 Å². The molecule has 0 bridgehead atoms. The fraction of sp³-hybridized carbons (Fsp3) is 0.0833. The van der Waals surface area contributed by atoms with Crippen LogP contribution in [0.2, 0.25) is 10.0 Å². The zero-order valence-corrected chi connectivity index (χ0v) is 11.2. The molecule has 1 aromatic heterocycles. The van der Waals surface area contributed by atoms with Crippen LogP contribution in [0.3, 0.4) is 0 Å². The van der Waals surface area contributed by atoms with E-state index in [1.54, 1.807) is 24.0 Å². The van der Waals surface area contributed by atoms with Crippen LogP contribution in [0, 0.1) is 0 Å². The van der Waals surface area contributed by atoms with Crippen LogP contribution in [0.1, 0.15) is 5.56 Å². The van der Waals surface area contributed by atoms with Gasteiger partial charge in [-0.25, -0.2) is 4.98 Å². The second-order valence-corrected chi connectivity index (χ2v) is 5.29. The molecule has 0 amide bonds. The molecule has 0 saturated carbocycles. The number of thioether (sulfide) groups is 1. The van der Waals surface area contributed by atoms with Crippen LogP contribution in [0.5, 0.6) is 0 Å². The SMILES string of the molecule is Nc1ccc(CSc2ccc(Cl)cn2)c(Cl)c1. The molecule has 2 nitrogen and oxygen atoms in total. The maximum absolute atomic E-state index is 6.09. The standard InChI is InChI=1S/C12H10Cl2N2S/c13-9-2-4-12(16-6-9)17-7-8-1-3-10(15)5-11(8)14/h1-6H,7,15H2. The summed E-state index contributed by atoms with van der Waals surface area (Å²) in [6.07, 6.45) is 1.63. The van der Waals surface area contributed by atoms with Crippen molar-refractivity contribution in [1.29, 1.82) is 0 Å². The van der Waals surface area contributed by atoms with Crippen molar-refractivity contribution in [2.24, 2.45) is 0 Å². The van der Waals surface area contributed by atoms with Gasteiger partial charge in [0.2, 0.25) is 0 Å². The normalized spacial score (nSPS) is 10.5. The Balaban J connectivity index is 2.04. The number of anilines is 1. The van der Waals surface area contributed by atoms with E-state index in [0.29, 0.717) is 15.7 Å². The largest absolute Gasteiger partial charge is 0.399 e. The fourth-order valence-corrected chi connectivity index (χ4v) is 2.57. The van der Waals surface area contributed by atoms with E-state index in [9.17, 15) is 0 Å². The highest BCUT2D eigenvalue weighted by atomic mass is 35.5. The quantitative estimate of drug-likeness (QED) is 0.676. The van der Waals surface area contributed by atoms with Gasteiger partial charge in [-0.15, -0.1) is 11.8 Å². The van der Waals surface area contributed by atoms with Gasteiger partial charge < -0.3 is 5.73 Å². The lowest BCUT2D eigenvalue weighted by atomic mass is 10.2. The van der Waals surface area contributed by atoms with Gasteiger partial charge in [0.1, 0.15) is 0 Å². The highest BCUT2D eigenvalue weighted by Crippen LogP contribution is 2.27. The number of hydrogen-bond acceptors (Lipinski definition) is 3. The van der Waals surface area contributed by atoms with E-state index in [1.165, 1.54) is 0 Å². The van der Waals surface area contributed by atoms with Gasteiger partial charge in [0.15, 0.2) is 0 Å². The molecule has 0 saturated heterocycles. The van der Waals surface area contributed by atoms with Crippen LogP contribution in [0.15, 0.2) is 41.6 Å². The van der Waals surface area contributed by atoms with Crippen molar-refractivity contribution < 1.29 is 0 Å². The fourth-order valence-electron chi connectivity index (χ4n) is 1.28. The summed E-state index contributed by atoms with van der Waals surface area (Å²) in [6, 6.07) is 9.24. The first-order valence-corrected chi connectivity index (χ1v) is 6.67. The van der Waals surface area contributed by atoms with E-state index in [1.807, 2.05) is 24.3 Å². The summed E-state index contributed by atoms with van der Waals surface area (Å²) in [5.41, 5.74) is 7.35. The van der Waals surface area contributed by atoms with Crippen LogP contribution < -0.4 is 5.73 Å². The Morgan fingerprint density at radius 3 is 2.65 bits per heavy atom. The lowest BCUT2D eigenvalue weighted by molar-refractivity contribution is 1.13. The smallest absolute Gasteiger partial charge is 0.0964 e. The zero-order chi connectivity index (χ0) is 12.3. The lowest BCUT2D eigenvalue weighted by Crippen LogP contribution is -1.88. The van der Waals surface area contributed by atoms with Crippen LogP contribution >= 0.6 is 35.0 Å². The van der Waals surface area contributed by atoms with Crippen molar-refractivity contribution in [2.75, 3.05) is 5.73 Å². The number of hydrogen-bond donors (Lipinski definition) is 1. The summed E-state index contributed by atoms with van der Waals surface area (Å²) in [4.78, 5) is 4.20. The molecule has 1 heterocycles. The molecule has 17 heavy (non-hydrogen) atoms. The minimum absolute atomic E-state index is 0.639. The Kier molecular flexibility index (Phi) is 4.15. The third kappa shape index (κ3) is 3.53. The number of halogens is 2. The molecule has 88 valence electrons. The van der Waals surface area contributed by atoms with Gasteiger partial charge >= 0.3 is 0 Å². The minimum atomic E-state index is 0.639. The Morgan fingerprint density at radius 1 is 1.18 bits per heavy atom. The van der Waals surface area contributed by atoms with Crippen LogP contribution in [0.25, 0.3) is 0 Å². The third-order valence-electron chi connectivity index (χ3n) is 2.15. The van der Waals surface area contributed by atoms with Gasteiger partial charge in [-0.1, -0.05) is 29.3 Å². The summed E-state index contributed by atoms with van der Waals surface area (Å²) in [7, 11) is 0. The van der Waals surface area contributed by atoms with E-state index in [0.717, 1.165) is 16.3 Å². The number of nitrogens with zero attached hydrogens (tertiary/aromatic N) is 1. The molecule has 2 rings (SSSR count). The van der Waals surface area contributed by atoms with E-state index in [2.05, 4.69) is 4.98 Å². The van der Waals surface area contributed by atoms with Crippen molar-refractivity contribution >= 4 is 40.7 Å². The molecule has 1 aromatic carbocycles. The second kappa shape index (κ2) is 5.63. The molecule has 2 N–H and O–H groups in total. The average molecular weight is 285 g/mol. The Morgan fingerprint density at radius 2 is 2.00 bits per heavy atom. The molecule has 0 spiro atoms. The molecule has 5 heteroatoms. The van der Waals surface area contributed by atoms with Crippen molar-refractivity contribution in [2.45, 2.75) is 10.8 Å². The molecule has 0 atom stereocenters. The highest BCUT2D eigenvalue weighted by Gasteiger charge is 2.02. The minimum Gasteiger partial charge on any atom is -0.399 e. The van der Waals surface area contributed by atoms with Gasteiger partial charge in [0.05, 0.1) is 10.0 Å². The summed E-state index contributed by atoms with van der Waals surface area (Å²) in [5, 5.41) is 2.24. The zero-order valence-electron chi connectivity index (χ0n) is 8.86. The first-order valence-electron chi connectivity index (χ1n) is 4.93. The number of rotatable bonds is 3. The predicted octanol–water partition coefficient (Wildman–Crippen LogP) is 4.26. The number of pyridine rings is 1. The predicted molar refractivity (Wildman–Crippen MR) is 74.7 cm³/mol. The Hall–Kier alpha value is -0.900. The van der Waals surface area contributed by atoms with Gasteiger partial charge in [0.25, 0.3) is 0 Å². The molecule has 0 aliphatic carbocycles. The number of nitrogen functional groups attached to an aromatic ring is 1. The van der Waals surface area contributed by atoms with E-state index in [-0.39, 0.29) is 0 Å². The molecule has 0 fully saturated rings. The van der Waals surface area contributed by atoms with E-state index in [4.69, 9.17) is 28.9 Å². The lowest BCUT2D eigenvalue weighted by Gasteiger charge is -2.04. The Bertz CT molecular complexity index is 514. The molecule has 0 aliphatic rings. The average Bonchev–Trinajstić information content (AvgIpc) is 2.30. The highest BCUT2D eigenvalue weighted by molar-refractivity contribution is 7.98. The maximum atomic E-state index is 6.09. The van der Waals surface area contributed by atoms with E-state index >= 15 is 0 Å². The number of benzene rings is 1. The van der Waals surface area contributed by atoms with Gasteiger partial charge in [-0.3, -0.25) is 0 Å². The van der Waals surface area contributed by atoms with Crippen molar-refractivity contribution in [1.82, 2.24) is 4.98 Å². The first kappa shape index (κ1) is 12.6. The van der Waals surface area contributed by atoms with Crippen molar-refractivity contribution in [3.8, 4) is 0 Å². The first-order chi connectivity index (χ1) is 8.15. The summed E-state index contributed by atoms with van der Waals surface area (Å²) in [6.45, 7) is 0. The van der Waals surface area contributed by atoms with Crippen LogP contribution in [0.4, 0.5) is 5.69 Å². The van der Waals surface area contributed by atoms with Crippen LogP contribution in [-0.2, 0) is 5.75 Å². The van der Waals surface area contributed by atoms with E-state index < -0.39 is 0 Å². The number of nitrogens with two attached hydrogens (primary N) is 1. The topological polar surface area (TPSA) is 38.9 Å². The number of aromatic nitrogens is 1. The molecular weight excluding hydrogens is 275 g/mol. The van der Waals surface area contributed by atoms with Crippen molar-refractivity contribution in [3.63, 3.8) is 0 Å². The maximum Gasteiger partial charge on any atom is 0.0964 e. The third-order valence-corrected chi connectivity index (χ3v) is 3.72.